The number of carbonyl (C=O) groups excluding carboxylic acids is 1. The number of urea groups is 1. The maximum atomic E-state index is 12.5. The van der Waals surface area contributed by atoms with Crippen LogP contribution in [0.4, 0.5) is 10.7 Å². The summed E-state index contributed by atoms with van der Waals surface area (Å²) in [5, 5.41) is 6.59. The third-order valence-electron chi connectivity index (χ3n) is 4.30. The van der Waals surface area contributed by atoms with Crippen LogP contribution in [0.5, 0.6) is 0 Å². The predicted molar refractivity (Wildman–Crippen MR) is 92.8 cm³/mol. The van der Waals surface area contributed by atoms with E-state index in [0.29, 0.717) is 5.88 Å². The van der Waals surface area contributed by atoms with Gasteiger partial charge in [0.25, 0.3) is 0 Å². The van der Waals surface area contributed by atoms with E-state index >= 15 is 0 Å². The average molecular weight is 328 g/mol. The number of rotatable bonds is 3. The van der Waals surface area contributed by atoms with E-state index in [2.05, 4.69) is 46.6 Å². The standard InChI is InChI=1S/C18H24N4O2/c1-14-11-17(24-20-14)19-18(23)22-10-6-9-21(12-15(22)2)13-16-7-4-3-5-8-16/h3-5,7-8,11,15H,6,9-10,12-13H2,1-2H3,(H,19,23)/t15-/m0/s1. The van der Waals surface area contributed by atoms with Crippen LogP contribution in [0.3, 0.4) is 0 Å². The fraction of sp³-hybridized carbons (Fsp3) is 0.444. The number of hydrogen-bond acceptors (Lipinski definition) is 4. The largest absolute Gasteiger partial charge is 0.338 e. The van der Waals surface area contributed by atoms with Gasteiger partial charge in [0.15, 0.2) is 0 Å². The third kappa shape index (κ3) is 4.14. The van der Waals surface area contributed by atoms with Crippen LogP contribution in [0.2, 0.25) is 0 Å². The molecule has 0 unspecified atom stereocenters. The quantitative estimate of drug-likeness (QED) is 0.940. The van der Waals surface area contributed by atoms with Crippen molar-refractivity contribution in [3.05, 3.63) is 47.7 Å². The van der Waals surface area contributed by atoms with Crippen molar-refractivity contribution in [2.45, 2.75) is 32.9 Å². The molecule has 1 aliphatic rings. The molecule has 0 spiro atoms. The van der Waals surface area contributed by atoms with Crippen molar-refractivity contribution in [3.63, 3.8) is 0 Å². The van der Waals surface area contributed by atoms with E-state index in [1.54, 1.807) is 6.07 Å². The lowest BCUT2D eigenvalue weighted by atomic mass is 10.2. The van der Waals surface area contributed by atoms with Crippen molar-refractivity contribution >= 4 is 11.9 Å². The molecular formula is C18H24N4O2. The van der Waals surface area contributed by atoms with Gasteiger partial charge in [0.05, 0.1) is 5.69 Å². The number of nitrogens with zero attached hydrogens (tertiary/aromatic N) is 3. The van der Waals surface area contributed by atoms with Crippen LogP contribution in [0.25, 0.3) is 0 Å². The Morgan fingerprint density at radius 2 is 2.12 bits per heavy atom. The lowest BCUT2D eigenvalue weighted by Crippen LogP contribution is -2.44. The lowest BCUT2D eigenvalue weighted by molar-refractivity contribution is 0.183. The second-order valence-electron chi connectivity index (χ2n) is 6.38. The van der Waals surface area contributed by atoms with Gasteiger partial charge in [-0.15, -0.1) is 0 Å². The SMILES string of the molecule is Cc1cc(NC(=O)N2CCCN(Cc3ccccc3)C[C@@H]2C)on1. The smallest absolute Gasteiger partial charge is 0.324 e. The zero-order valence-electron chi connectivity index (χ0n) is 14.2. The molecule has 1 aromatic carbocycles. The van der Waals surface area contributed by atoms with Gasteiger partial charge in [-0.05, 0) is 25.8 Å². The van der Waals surface area contributed by atoms with Gasteiger partial charge >= 0.3 is 6.03 Å². The zero-order chi connectivity index (χ0) is 16.9. The first-order valence-corrected chi connectivity index (χ1v) is 8.39. The van der Waals surface area contributed by atoms with E-state index in [1.807, 2.05) is 17.9 Å². The summed E-state index contributed by atoms with van der Waals surface area (Å²) in [5.74, 6) is 0.398. The fourth-order valence-electron chi connectivity index (χ4n) is 3.14. The van der Waals surface area contributed by atoms with Crippen molar-refractivity contribution in [2.24, 2.45) is 0 Å². The second-order valence-corrected chi connectivity index (χ2v) is 6.38. The molecule has 0 saturated carbocycles. The highest BCUT2D eigenvalue weighted by Gasteiger charge is 2.26. The molecule has 0 aliphatic carbocycles. The molecule has 2 amide bonds. The number of amides is 2. The Labute approximate surface area is 142 Å². The van der Waals surface area contributed by atoms with Gasteiger partial charge in [-0.3, -0.25) is 10.2 Å². The van der Waals surface area contributed by atoms with Crippen LogP contribution in [0.1, 0.15) is 24.6 Å². The fourth-order valence-corrected chi connectivity index (χ4v) is 3.14. The van der Waals surface area contributed by atoms with Crippen molar-refractivity contribution in [1.82, 2.24) is 15.0 Å². The summed E-state index contributed by atoms with van der Waals surface area (Å²) in [6.45, 7) is 7.43. The van der Waals surface area contributed by atoms with E-state index in [0.717, 1.165) is 38.3 Å². The van der Waals surface area contributed by atoms with Gasteiger partial charge in [-0.2, -0.15) is 0 Å². The van der Waals surface area contributed by atoms with Gasteiger partial charge in [-0.1, -0.05) is 35.5 Å². The molecule has 2 heterocycles. The van der Waals surface area contributed by atoms with E-state index in [1.165, 1.54) is 5.56 Å². The molecule has 1 atom stereocenters. The molecule has 1 saturated heterocycles. The number of aromatic nitrogens is 1. The molecule has 1 N–H and O–H groups in total. The molecule has 1 fully saturated rings. The minimum absolute atomic E-state index is 0.125. The van der Waals surface area contributed by atoms with Gasteiger partial charge in [0.2, 0.25) is 5.88 Å². The molecule has 2 aromatic rings. The number of hydrogen-bond donors (Lipinski definition) is 1. The molecule has 6 nitrogen and oxygen atoms in total. The normalized spacial score (nSPS) is 19.1. The van der Waals surface area contributed by atoms with E-state index in [-0.39, 0.29) is 12.1 Å². The van der Waals surface area contributed by atoms with Gasteiger partial charge in [0.1, 0.15) is 0 Å². The maximum absolute atomic E-state index is 12.5. The highest BCUT2D eigenvalue weighted by atomic mass is 16.5. The molecule has 1 aromatic heterocycles. The highest BCUT2D eigenvalue weighted by Crippen LogP contribution is 2.16. The molecule has 1 aliphatic heterocycles. The Kier molecular flexibility index (Phi) is 5.15. The van der Waals surface area contributed by atoms with Crippen LogP contribution in [-0.2, 0) is 6.54 Å². The van der Waals surface area contributed by atoms with Crippen molar-refractivity contribution in [1.29, 1.82) is 0 Å². The molecule has 6 heteroatoms. The first-order valence-electron chi connectivity index (χ1n) is 8.39. The molecule has 24 heavy (non-hydrogen) atoms. The monoisotopic (exact) mass is 328 g/mol. The number of anilines is 1. The van der Waals surface area contributed by atoms with E-state index in [4.69, 9.17) is 4.52 Å². The Morgan fingerprint density at radius 3 is 2.83 bits per heavy atom. The molecule has 0 radical (unpaired) electrons. The second kappa shape index (κ2) is 7.49. The topological polar surface area (TPSA) is 61.6 Å². The van der Waals surface area contributed by atoms with Crippen LogP contribution in [0.15, 0.2) is 40.9 Å². The third-order valence-corrected chi connectivity index (χ3v) is 4.30. The highest BCUT2D eigenvalue weighted by molar-refractivity contribution is 5.88. The average Bonchev–Trinajstić information content (AvgIpc) is 2.87. The zero-order valence-corrected chi connectivity index (χ0v) is 14.2. The van der Waals surface area contributed by atoms with E-state index < -0.39 is 0 Å². The van der Waals surface area contributed by atoms with Crippen molar-refractivity contribution < 1.29 is 9.32 Å². The Morgan fingerprint density at radius 1 is 1.33 bits per heavy atom. The van der Waals surface area contributed by atoms with Crippen molar-refractivity contribution in [2.75, 3.05) is 25.0 Å². The summed E-state index contributed by atoms with van der Waals surface area (Å²) >= 11 is 0. The number of benzene rings is 1. The maximum Gasteiger partial charge on any atom is 0.324 e. The molecule has 3 rings (SSSR count). The van der Waals surface area contributed by atoms with E-state index in [9.17, 15) is 4.79 Å². The summed E-state index contributed by atoms with van der Waals surface area (Å²) in [4.78, 5) is 16.8. The van der Waals surface area contributed by atoms with Crippen LogP contribution >= 0.6 is 0 Å². The lowest BCUT2D eigenvalue weighted by Gasteiger charge is -2.28. The van der Waals surface area contributed by atoms with Gasteiger partial charge in [0, 0.05) is 38.3 Å². The van der Waals surface area contributed by atoms with Crippen LogP contribution in [-0.4, -0.2) is 46.7 Å². The number of aryl methyl sites for hydroxylation is 1. The summed E-state index contributed by atoms with van der Waals surface area (Å²) < 4.78 is 5.07. The number of nitrogens with one attached hydrogen (secondary N) is 1. The number of carbonyl (C=O) groups is 1. The predicted octanol–water partition coefficient (Wildman–Crippen LogP) is 3.11. The minimum Gasteiger partial charge on any atom is -0.338 e. The molecule has 128 valence electrons. The molecular weight excluding hydrogens is 304 g/mol. The Balaban J connectivity index is 1.59. The summed E-state index contributed by atoms with van der Waals surface area (Å²) in [7, 11) is 0. The minimum atomic E-state index is -0.125. The Hall–Kier alpha value is -2.34. The Bertz CT molecular complexity index is 671. The summed E-state index contributed by atoms with van der Waals surface area (Å²) in [6.07, 6.45) is 0.958. The van der Waals surface area contributed by atoms with Crippen LogP contribution < -0.4 is 5.32 Å². The molecule has 0 bridgehead atoms. The summed E-state index contributed by atoms with van der Waals surface area (Å²) in [6, 6.07) is 12.2. The van der Waals surface area contributed by atoms with Gasteiger partial charge < -0.3 is 9.42 Å². The van der Waals surface area contributed by atoms with Crippen LogP contribution in [0, 0.1) is 6.92 Å². The first kappa shape index (κ1) is 16.5. The first-order chi connectivity index (χ1) is 11.6. The summed E-state index contributed by atoms with van der Waals surface area (Å²) in [5.41, 5.74) is 2.06. The van der Waals surface area contributed by atoms with Gasteiger partial charge in [-0.25, -0.2) is 4.79 Å². The van der Waals surface area contributed by atoms with Crippen molar-refractivity contribution in [3.8, 4) is 0 Å².